The van der Waals surface area contributed by atoms with Gasteiger partial charge in [0, 0.05) is 30.3 Å². The predicted molar refractivity (Wildman–Crippen MR) is 74.1 cm³/mol. The van der Waals surface area contributed by atoms with Gasteiger partial charge in [0.15, 0.2) is 0 Å². The molecule has 0 radical (unpaired) electrons. The van der Waals surface area contributed by atoms with Crippen molar-refractivity contribution in [2.45, 2.75) is 19.4 Å². The maximum absolute atomic E-state index is 12.2. The Morgan fingerprint density at radius 2 is 2.06 bits per heavy atom. The van der Waals surface area contributed by atoms with E-state index >= 15 is 0 Å². The monoisotopic (exact) mass is 267 g/mol. The largest absolute Gasteiger partial charge is 0.322 e. The first-order chi connectivity index (χ1) is 8.49. The minimum atomic E-state index is -0.172. The summed E-state index contributed by atoms with van der Waals surface area (Å²) in [6.45, 7) is 6.46. The summed E-state index contributed by atoms with van der Waals surface area (Å²) in [4.78, 5) is 14.1. The molecular weight excluding hydrogens is 250 g/mol. The van der Waals surface area contributed by atoms with E-state index in [9.17, 15) is 4.79 Å². The third-order valence-electron chi connectivity index (χ3n) is 3.14. The van der Waals surface area contributed by atoms with E-state index in [2.05, 4.69) is 24.5 Å². The highest BCUT2D eigenvalue weighted by molar-refractivity contribution is 6.30. The molecule has 0 unspecified atom stereocenters. The second kappa shape index (κ2) is 5.16. The number of carbonyl (C=O) groups is 1. The maximum atomic E-state index is 12.2. The molecule has 0 aliphatic carbocycles. The molecule has 2 amide bonds. The average Bonchev–Trinajstić information content (AvgIpc) is 2.31. The zero-order valence-corrected chi connectivity index (χ0v) is 11.4. The van der Waals surface area contributed by atoms with E-state index in [1.54, 1.807) is 24.3 Å². The lowest BCUT2D eigenvalue weighted by molar-refractivity contribution is 0.123. The third-order valence-corrected chi connectivity index (χ3v) is 3.39. The molecule has 1 aromatic rings. The molecule has 4 nitrogen and oxygen atoms in total. The van der Waals surface area contributed by atoms with Crippen molar-refractivity contribution in [3.8, 4) is 0 Å². The standard InChI is InChI=1S/C13H18ClN3O/c1-13(2)9-15-7-8-17(13)12(18)16-11-5-3-10(14)4-6-11/h3-6,15H,7-9H2,1-2H3,(H,16,18). The lowest BCUT2D eigenvalue weighted by atomic mass is 10.0. The number of nitrogens with one attached hydrogen (secondary N) is 2. The van der Waals surface area contributed by atoms with E-state index in [4.69, 9.17) is 11.6 Å². The highest BCUT2D eigenvalue weighted by Gasteiger charge is 2.33. The molecule has 2 rings (SSSR count). The van der Waals surface area contributed by atoms with Crippen molar-refractivity contribution in [2.75, 3.05) is 25.0 Å². The van der Waals surface area contributed by atoms with Gasteiger partial charge in [0.05, 0.1) is 5.54 Å². The second-order valence-electron chi connectivity index (χ2n) is 5.08. The first-order valence-corrected chi connectivity index (χ1v) is 6.42. The Morgan fingerprint density at radius 1 is 1.39 bits per heavy atom. The maximum Gasteiger partial charge on any atom is 0.322 e. The van der Waals surface area contributed by atoms with Gasteiger partial charge in [-0.15, -0.1) is 0 Å². The van der Waals surface area contributed by atoms with Gasteiger partial charge in [-0.25, -0.2) is 4.79 Å². The van der Waals surface area contributed by atoms with Crippen LogP contribution in [0.1, 0.15) is 13.8 Å². The zero-order chi connectivity index (χ0) is 13.2. The van der Waals surface area contributed by atoms with Crippen LogP contribution in [-0.4, -0.2) is 36.1 Å². The smallest absolute Gasteiger partial charge is 0.317 e. The Balaban J connectivity index is 2.05. The van der Waals surface area contributed by atoms with Crippen molar-refractivity contribution >= 4 is 23.3 Å². The summed E-state index contributed by atoms with van der Waals surface area (Å²) >= 11 is 5.81. The van der Waals surface area contributed by atoms with Crippen LogP contribution in [-0.2, 0) is 0 Å². The fourth-order valence-electron chi connectivity index (χ4n) is 2.08. The Morgan fingerprint density at radius 3 is 2.67 bits per heavy atom. The normalized spacial score (nSPS) is 18.5. The fraction of sp³-hybridized carbons (Fsp3) is 0.462. The summed E-state index contributed by atoms with van der Waals surface area (Å²) in [5, 5.41) is 6.85. The summed E-state index contributed by atoms with van der Waals surface area (Å²) < 4.78 is 0. The number of anilines is 1. The van der Waals surface area contributed by atoms with Crippen LogP contribution in [0.2, 0.25) is 5.02 Å². The second-order valence-corrected chi connectivity index (χ2v) is 5.51. The number of hydrogen-bond donors (Lipinski definition) is 2. The molecule has 1 aromatic carbocycles. The van der Waals surface area contributed by atoms with E-state index in [-0.39, 0.29) is 11.6 Å². The van der Waals surface area contributed by atoms with Crippen LogP contribution in [0.15, 0.2) is 24.3 Å². The topological polar surface area (TPSA) is 44.4 Å². The number of urea groups is 1. The van der Waals surface area contributed by atoms with Crippen molar-refractivity contribution in [1.29, 1.82) is 0 Å². The molecule has 18 heavy (non-hydrogen) atoms. The molecule has 0 atom stereocenters. The van der Waals surface area contributed by atoms with E-state index < -0.39 is 0 Å². The Labute approximate surface area is 112 Å². The van der Waals surface area contributed by atoms with Gasteiger partial charge in [0.1, 0.15) is 0 Å². The van der Waals surface area contributed by atoms with Crippen LogP contribution in [0, 0.1) is 0 Å². The number of amides is 2. The molecule has 1 aliphatic rings. The lowest BCUT2D eigenvalue weighted by Crippen LogP contribution is -2.60. The van der Waals surface area contributed by atoms with Crippen LogP contribution >= 0.6 is 11.6 Å². The highest BCUT2D eigenvalue weighted by atomic mass is 35.5. The number of nitrogens with zero attached hydrogens (tertiary/aromatic N) is 1. The minimum absolute atomic E-state index is 0.0659. The molecule has 0 aromatic heterocycles. The highest BCUT2D eigenvalue weighted by Crippen LogP contribution is 2.19. The molecule has 0 bridgehead atoms. The average molecular weight is 268 g/mol. The predicted octanol–water partition coefficient (Wildman–Crippen LogP) is 2.56. The fourth-order valence-corrected chi connectivity index (χ4v) is 2.21. The molecular formula is C13H18ClN3O. The molecule has 98 valence electrons. The summed E-state index contributed by atoms with van der Waals surface area (Å²) in [6.07, 6.45) is 0. The van der Waals surface area contributed by atoms with Gasteiger partial charge < -0.3 is 15.5 Å². The van der Waals surface area contributed by atoms with Crippen molar-refractivity contribution in [3.05, 3.63) is 29.3 Å². The molecule has 1 heterocycles. The van der Waals surface area contributed by atoms with Gasteiger partial charge in [-0.3, -0.25) is 0 Å². The van der Waals surface area contributed by atoms with Crippen LogP contribution in [0.4, 0.5) is 10.5 Å². The number of halogens is 1. The van der Waals surface area contributed by atoms with Crippen molar-refractivity contribution in [3.63, 3.8) is 0 Å². The number of hydrogen-bond acceptors (Lipinski definition) is 2. The van der Waals surface area contributed by atoms with E-state index in [0.29, 0.717) is 11.6 Å². The summed E-state index contributed by atoms with van der Waals surface area (Å²) in [5.41, 5.74) is 0.591. The lowest BCUT2D eigenvalue weighted by Gasteiger charge is -2.42. The molecule has 1 aliphatic heterocycles. The summed E-state index contributed by atoms with van der Waals surface area (Å²) in [6, 6.07) is 7.06. The van der Waals surface area contributed by atoms with Crippen LogP contribution in [0.5, 0.6) is 0 Å². The Hall–Kier alpha value is -1.26. The molecule has 0 spiro atoms. The molecule has 1 saturated heterocycles. The van der Waals surface area contributed by atoms with Crippen LogP contribution in [0.25, 0.3) is 0 Å². The van der Waals surface area contributed by atoms with Gasteiger partial charge in [-0.2, -0.15) is 0 Å². The number of piperazine rings is 1. The SMILES string of the molecule is CC1(C)CNCCN1C(=O)Nc1ccc(Cl)cc1. The molecule has 1 fully saturated rings. The van der Waals surface area contributed by atoms with E-state index in [1.807, 2.05) is 4.90 Å². The van der Waals surface area contributed by atoms with Crippen molar-refractivity contribution in [1.82, 2.24) is 10.2 Å². The Bertz CT molecular complexity index is 430. The first kappa shape index (κ1) is 13.2. The molecule has 2 N–H and O–H groups in total. The summed E-state index contributed by atoms with van der Waals surface area (Å²) in [7, 11) is 0. The van der Waals surface area contributed by atoms with Gasteiger partial charge in [0.2, 0.25) is 0 Å². The third kappa shape index (κ3) is 2.94. The van der Waals surface area contributed by atoms with Crippen molar-refractivity contribution in [2.24, 2.45) is 0 Å². The zero-order valence-electron chi connectivity index (χ0n) is 10.7. The Kier molecular flexibility index (Phi) is 3.78. The number of benzene rings is 1. The molecule has 5 heteroatoms. The molecule has 0 saturated carbocycles. The van der Waals surface area contributed by atoms with Gasteiger partial charge in [-0.05, 0) is 38.1 Å². The number of rotatable bonds is 1. The quantitative estimate of drug-likeness (QED) is 0.821. The minimum Gasteiger partial charge on any atom is -0.317 e. The van der Waals surface area contributed by atoms with Gasteiger partial charge in [0.25, 0.3) is 0 Å². The van der Waals surface area contributed by atoms with E-state index in [1.165, 1.54) is 0 Å². The van der Waals surface area contributed by atoms with Crippen molar-refractivity contribution < 1.29 is 4.79 Å². The number of carbonyl (C=O) groups excluding carboxylic acids is 1. The van der Waals surface area contributed by atoms with Crippen LogP contribution in [0.3, 0.4) is 0 Å². The van der Waals surface area contributed by atoms with Crippen LogP contribution < -0.4 is 10.6 Å². The van der Waals surface area contributed by atoms with Gasteiger partial charge in [-0.1, -0.05) is 11.6 Å². The first-order valence-electron chi connectivity index (χ1n) is 6.04. The van der Waals surface area contributed by atoms with E-state index in [0.717, 1.165) is 18.8 Å². The summed E-state index contributed by atoms with van der Waals surface area (Å²) in [5.74, 6) is 0. The van der Waals surface area contributed by atoms with Gasteiger partial charge >= 0.3 is 6.03 Å².